The minimum atomic E-state index is -0.797. The first kappa shape index (κ1) is 12.7. The van der Waals surface area contributed by atoms with Gasteiger partial charge in [0.05, 0.1) is 12.7 Å². The normalized spacial score (nSPS) is 29.1. The fraction of sp³-hybridized carbons (Fsp3) is 0.571. The third-order valence-electron chi connectivity index (χ3n) is 3.89. The molecule has 0 aromatic heterocycles. The van der Waals surface area contributed by atoms with Crippen LogP contribution in [0.4, 0.5) is 0 Å². The molecule has 17 heavy (non-hydrogen) atoms. The van der Waals surface area contributed by atoms with E-state index in [0.29, 0.717) is 5.02 Å². The number of benzene rings is 1. The van der Waals surface area contributed by atoms with Gasteiger partial charge in [-0.05, 0) is 37.0 Å². The lowest BCUT2D eigenvalue weighted by Gasteiger charge is -2.39. The van der Waals surface area contributed by atoms with Crippen molar-refractivity contribution < 1.29 is 9.84 Å². The van der Waals surface area contributed by atoms with E-state index in [9.17, 15) is 5.11 Å². The number of hydrogen-bond donors (Lipinski definition) is 1. The number of halogens is 1. The zero-order chi connectivity index (χ0) is 12.5. The summed E-state index contributed by atoms with van der Waals surface area (Å²) in [6.07, 6.45) is 4.07. The zero-order valence-electron chi connectivity index (χ0n) is 10.4. The highest BCUT2D eigenvalue weighted by molar-refractivity contribution is 6.30. The standard InChI is InChI=1S/C14H19ClO2/c1-10-5-3-4-8-14(10,16)12-9-11(15)6-7-13(12)17-2/h6-7,9-10,16H,3-5,8H2,1-2H3. The van der Waals surface area contributed by atoms with Gasteiger partial charge in [-0.2, -0.15) is 0 Å². The Morgan fingerprint density at radius 1 is 1.41 bits per heavy atom. The molecule has 1 N–H and O–H groups in total. The van der Waals surface area contributed by atoms with Crippen LogP contribution >= 0.6 is 11.6 Å². The van der Waals surface area contributed by atoms with Gasteiger partial charge in [-0.25, -0.2) is 0 Å². The number of methoxy groups -OCH3 is 1. The fourth-order valence-electron chi connectivity index (χ4n) is 2.75. The van der Waals surface area contributed by atoms with Crippen molar-refractivity contribution in [3.8, 4) is 5.75 Å². The van der Waals surface area contributed by atoms with E-state index in [4.69, 9.17) is 16.3 Å². The summed E-state index contributed by atoms with van der Waals surface area (Å²) in [6, 6.07) is 5.46. The van der Waals surface area contributed by atoms with Crippen LogP contribution in [0.15, 0.2) is 18.2 Å². The van der Waals surface area contributed by atoms with Crippen molar-refractivity contribution in [3.05, 3.63) is 28.8 Å². The van der Waals surface area contributed by atoms with Crippen molar-refractivity contribution in [3.63, 3.8) is 0 Å². The second kappa shape index (κ2) is 4.87. The van der Waals surface area contributed by atoms with Crippen LogP contribution in [-0.4, -0.2) is 12.2 Å². The highest BCUT2D eigenvalue weighted by atomic mass is 35.5. The van der Waals surface area contributed by atoms with Crippen LogP contribution in [0.5, 0.6) is 5.75 Å². The Hall–Kier alpha value is -0.730. The predicted molar refractivity (Wildman–Crippen MR) is 69.5 cm³/mol. The van der Waals surface area contributed by atoms with Gasteiger partial charge in [0, 0.05) is 10.6 Å². The lowest BCUT2D eigenvalue weighted by molar-refractivity contribution is -0.0485. The molecule has 1 aliphatic carbocycles. The molecule has 2 atom stereocenters. The number of ether oxygens (including phenoxy) is 1. The smallest absolute Gasteiger partial charge is 0.125 e. The average Bonchev–Trinajstić information content (AvgIpc) is 2.33. The zero-order valence-corrected chi connectivity index (χ0v) is 11.1. The molecule has 2 unspecified atom stereocenters. The quantitative estimate of drug-likeness (QED) is 0.871. The average molecular weight is 255 g/mol. The highest BCUT2D eigenvalue weighted by Gasteiger charge is 2.39. The van der Waals surface area contributed by atoms with E-state index >= 15 is 0 Å². The first-order chi connectivity index (χ1) is 8.08. The molecule has 0 amide bonds. The van der Waals surface area contributed by atoms with Crippen LogP contribution in [0, 0.1) is 5.92 Å². The lowest BCUT2D eigenvalue weighted by atomic mass is 9.72. The summed E-state index contributed by atoms with van der Waals surface area (Å²) in [5.41, 5.74) is 0.0359. The second-order valence-electron chi connectivity index (χ2n) is 4.92. The largest absolute Gasteiger partial charge is 0.496 e. The van der Waals surface area contributed by atoms with E-state index in [0.717, 1.165) is 30.6 Å². The molecule has 0 heterocycles. The summed E-state index contributed by atoms with van der Waals surface area (Å²) in [5.74, 6) is 0.967. The Balaban J connectivity index is 2.46. The van der Waals surface area contributed by atoms with Crippen LogP contribution < -0.4 is 4.74 Å². The molecule has 1 fully saturated rings. The Morgan fingerprint density at radius 2 is 2.18 bits per heavy atom. The van der Waals surface area contributed by atoms with Crippen molar-refractivity contribution in [2.24, 2.45) is 5.92 Å². The Morgan fingerprint density at radius 3 is 2.82 bits per heavy atom. The van der Waals surface area contributed by atoms with Crippen LogP contribution in [0.2, 0.25) is 5.02 Å². The van der Waals surface area contributed by atoms with Crippen molar-refractivity contribution in [2.75, 3.05) is 7.11 Å². The molecule has 1 aromatic carbocycles. The molecule has 1 aromatic rings. The SMILES string of the molecule is COc1ccc(Cl)cc1C1(O)CCCCC1C. The van der Waals surface area contributed by atoms with Gasteiger partial charge in [0.15, 0.2) is 0 Å². The summed E-state index contributed by atoms with van der Waals surface area (Å²) >= 11 is 6.04. The molecule has 0 aliphatic heterocycles. The monoisotopic (exact) mass is 254 g/mol. The van der Waals surface area contributed by atoms with Gasteiger partial charge in [0.2, 0.25) is 0 Å². The molecule has 94 valence electrons. The minimum Gasteiger partial charge on any atom is -0.496 e. The van der Waals surface area contributed by atoms with Gasteiger partial charge < -0.3 is 9.84 Å². The van der Waals surface area contributed by atoms with Crippen molar-refractivity contribution in [1.82, 2.24) is 0 Å². The van der Waals surface area contributed by atoms with Crippen LogP contribution in [0.1, 0.15) is 38.2 Å². The van der Waals surface area contributed by atoms with Crippen molar-refractivity contribution in [1.29, 1.82) is 0 Å². The molecule has 2 rings (SSSR count). The topological polar surface area (TPSA) is 29.5 Å². The highest BCUT2D eigenvalue weighted by Crippen LogP contribution is 2.45. The maximum Gasteiger partial charge on any atom is 0.125 e. The van der Waals surface area contributed by atoms with Crippen LogP contribution in [0.3, 0.4) is 0 Å². The molecular formula is C14H19ClO2. The minimum absolute atomic E-state index is 0.239. The van der Waals surface area contributed by atoms with Gasteiger partial charge >= 0.3 is 0 Å². The summed E-state index contributed by atoms with van der Waals surface area (Å²) < 4.78 is 5.35. The molecular weight excluding hydrogens is 236 g/mol. The third-order valence-corrected chi connectivity index (χ3v) is 4.12. The first-order valence-electron chi connectivity index (χ1n) is 6.14. The van der Waals surface area contributed by atoms with E-state index in [2.05, 4.69) is 6.92 Å². The fourth-order valence-corrected chi connectivity index (χ4v) is 2.92. The Bertz CT molecular complexity index is 405. The number of hydrogen-bond acceptors (Lipinski definition) is 2. The molecule has 0 saturated heterocycles. The molecule has 3 heteroatoms. The first-order valence-corrected chi connectivity index (χ1v) is 6.52. The predicted octanol–water partition coefficient (Wildman–Crippen LogP) is 3.75. The summed E-state index contributed by atoms with van der Waals surface area (Å²) in [5, 5.41) is 11.6. The molecule has 0 bridgehead atoms. The molecule has 2 nitrogen and oxygen atoms in total. The van der Waals surface area contributed by atoms with E-state index < -0.39 is 5.60 Å². The maximum atomic E-state index is 10.9. The van der Waals surface area contributed by atoms with Gasteiger partial charge in [-0.3, -0.25) is 0 Å². The molecule has 1 aliphatic rings. The summed E-state index contributed by atoms with van der Waals surface area (Å²) in [7, 11) is 1.63. The van der Waals surface area contributed by atoms with Crippen molar-refractivity contribution >= 4 is 11.6 Å². The van der Waals surface area contributed by atoms with E-state index in [1.807, 2.05) is 12.1 Å². The molecule has 0 spiro atoms. The van der Waals surface area contributed by atoms with Crippen molar-refractivity contribution in [2.45, 2.75) is 38.2 Å². The van der Waals surface area contributed by atoms with Gasteiger partial charge in [0.1, 0.15) is 5.75 Å². The lowest BCUT2D eigenvalue weighted by Crippen LogP contribution is -2.36. The number of aliphatic hydroxyl groups is 1. The Labute approximate surface area is 108 Å². The van der Waals surface area contributed by atoms with Gasteiger partial charge in [-0.1, -0.05) is 31.4 Å². The maximum absolute atomic E-state index is 10.9. The van der Waals surface area contributed by atoms with Crippen LogP contribution in [0.25, 0.3) is 0 Å². The van der Waals surface area contributed by atoms with E-state index in [1.165, 1.54) is 6.42 Å². The number of rotatable bonds is 2. The van der Waals surface area contributed by atoms with Gasteiger partial charge in [-0.15, -0.1) is 0 Å². The third kappa shape index (κ3) is 2.29. The summed E-state index contributed by atoms with van der Waals surface area (Å²) in [4.78, 5) is 0. The Kier molecular flexibility index (Phi) is 3.64. The van der Waals surface area contributed by atoms with Gasteiger partial charge in [0.25, 0.3) is 0 Å². The molecule has 1 saturated carbocycles. The van der Waals surface area contributed by atoms with E-state index in [1.54, 1.807) is 13.2 Å². The van der Waals surface area contributed by atoms with E-state index in [-0.39, 0.29) is 5.92 Å². The molecule has 0 radical (unpaired) electrons. The summed E-state index contributed by atoms with van der Waals surface area (Å²) in [6.45, 7) is 2.10. The second-order valence-corrected chi connectivity index (χ2v) is 5.35. The van der Waals surface area contributed by atoms with Crippen LogP contribution in [-0.2, 0) is 5.60 Å².